The summed E-state index contributed by atoms with van der Waals surface area (Å²) >= 11 is 0. The van der Waals surface area contributed by atoms with E-state index in [1.807, 2.05) is 0 Å². The van der Waals surface area contributed by atoms with Gasteiger partial charge in [-0.15, -0.1) is 0 Å². The average molecular weight is 386 g/mol. The highest BCUT2D eigenvalue weighted by molar-refractivity contribution is 7.90. The quantitative estimate of drug-likeness (QED) is 0.507. The molecule has 6 heteroatoms. The lowest BCUT2D eigenvalue weighted by Crippen LogP contribution is -2.44. The molecule has 0 saturated carbocycles. The van der Waals surface area contributed by atoms with Crippen molar-refractivity contribution >= 4 is 9.84 Å². The largest absolute Gasteiger partial charge is 0.491 e. The van der Waals surface area contributed by atoms with E-state index in [2.05, 4.69) is 13.8 Å². The van der Waals surface area contributed by atoms with E-state index in [1.165, 1.54) is 37.8 Å². The number of hydrogen-bond acceptors (Lipinski definition) is 5. The lowest BCUT2D eigenvalue weighted by atomic mass is 9.88. The van der Waals surface area contributed by atoms with Crippen LogP contribution in [-0.4, -0.2) is 38.5 Å². The second-order valence-electron chi connectivity index (χ2n) is 7.07. The highest BCUT2D eigenvalue weighted by Crippen LogP contribution is 2.21. The lowest BCUT2D eigenvalue weighted by Gasteiger charge is -2.27. The van der Waals surface area contributed by atoms with E-state index in [4.69, 9.17) is 10.5 Å². The van der Waals surface area contributed by atoms with Gasteiger partial charge < -0.3 is 15.6 Å². The van der Waals surface area contributed by atoms with E-state index in [9.17, 15) is 13.5 Å². The molecule has 0 spiro atoms. The van der Waals surface area contributed by atoms with Crippen LogP contribution >= 0.6 is 0 Å². The molecular formula is C20H35NO4S. The minimum absolute atomic E-state index is 0.0563. The first-order valence-corrected chi connectivity index (χ1v) is 11.5. The van der Waals surface area contributed by atoms with Crippen LogP contribution in [0.4, 0.5) is 0 Å². The summed E-state index contributed by atoms with van der Waals surface area (Å²) in [7, 11) is -3.28. The van der Waals surface area contributed by atoms with Crippen molar-refractivity contribution in [1.29, 1.82) is 0 Å². The van der Waals surface area contributed by atoms with E-state index >= 15 is 0 Å². The van der Waals surface area contributed by atoms with Gasteiger partial charge in [0.25, 0.3) is 0 Å². The summed E-state index contributed by atoms with van der Waals surface area (Å²) in [6.45, 7) is 4.35. The summed E-state index contributed by atoms with van der Waals surface area (Å²) in [5.41, 5.74) is 6.25. The Hall–Kier alpha value is -1.11. The minimum atomic E-state index is -3.28. The molecule has 5 nitrogen and oxygen atoms in total. The Morgan fingerprint density at radius 1 is 1.15 bits per heavy atom. The molecule has 0 aliphatic rings. The molecule has 0 aliphatic heterocycles. The number of unbranched alkanes of at least 4 members (excludes halogenated alkanes) is 4. The second kappa shape index (κ2) is 11.6. The number of aliphatic hydroxyl groups excluding tert-OH is 1. The molecule has 0 heterocycles. The molecule has 0 saturated heterocycles. The molecule has 0 aliphatic carbocycles. The number of ether oxygens (including phenoxy) is 1. The molecule has 0 fully saturated rings. The zero-order valence-corrected chi connectivity index (χ0v) is 17.2. The fourth-order valence-corrected chi connectivity index (χ4v) is 3.74. The Morgan fingerprint density at radius 2 is 1.85 bits per heavy atom. The van der Waals surface area contributed by atoms with Gasteiger partial charge in [0.05, 0.1) is 4.90 Å². The Kier molecular flexibility index (Phi) is 10.2. The zero-order valence-electron chi connectivity index (χ0n) is 16.4. The van der Waals surface area contributed by atoms with Crippen LogP contribution in [0.15, 0.2) is 29.2 Å². The van der Waals surface area contributed by atoms with Crippen molar-refractivity contribution in [3.63, 3.8) is 0 Å². The third-order valence-electron chi connectivity index (χ3n) is 4.85. The molecule has 1 aromatic rings. The fourth-order valence-electron chi connectivity index (χ4n) is 3.08. The van der Waals surface area contributed by atoms with Crippen LogP contribution in [0.1, 0.15) is 58.8 Å². The van der Waals surface area contributed by atoms with E-state index in [0.717, 1.165) is 25.5 Å². The molecule has 3 unspecified atom stereocenters. The van der Waals surface area contributed by atoms with Crippen molar-refractivity contribution in [3.8, 4) is 5.75 Å². The van der Waals surface area contributed by atoms with Crippen molar-refractivity contribution in [2.24, 2.45) is 11.7 Å². The molecule has 0 bridgehead atoms. The van der Waals surface area contributed by atoms with Crippen LogP contribution in [0, 0.1) is 5.92 Å². The van der Waals surface area contributed by atoms with Crippen LogP contribution in [0.25, 0.3) is 0 Å². The Balaban J connectivity index is 2.51. The topological polar surface area (TPSA) is 89.6 Å². The summed E-state index contributed by atoms with van der Waals surface area (Å²) in [4.78, 5) is 0.201. The van der Waals surface area contributed by atoms with Gasteiger partial charge in [0.15, 0.2) is 9.84 Å². The maximum atomic E-state index is 11.6. The number of rotatable bonds is 13. The second-order valence-corrected chi connectivity index (χ2v) is 9.09. The van der Waals surface area contributed by atoms with Crippen LogP contribution in [0.2, 0.25) is 0 Å². The van der Waals surface area contributed by atoms with E-state index < -0.39 is 15.9 Å². The normalized spacial score (nSPS) is 15.4. The highest BCUT2D eigenvalue weighted by Gasteiger charge is 2.24. The summed E-state index contributed by atoms with van der Waals surface area (Å²) in [5.74, 6) is 0.685. The summed E-state index contributed by atoms with van der Waals surface area (Å²) in [6.07, 6.45) is 8.42. The van der Waals surface area contributed by atoms with Gasteiger partial charge in [-0.2, -0.15) is 0 Å². The maximum absolute atomic E-state index is 11.6. The zero-order chi connectivity index (χ0) is 19.6. The molecule has 1 rings (SSSR count). The molecule has 0 radical (unpaired) electrons. The molecule has 26 heavy (non-hydrogen) atoms. The fraction of sp³-hybridized carbons (Fsp3) is 0.700. The van der Waals surface area contributed by atoms with Crippen LogP contribution in [0.3, 0.4) is 0 Å². The van der Waals surface area contributed by atoms with Crippen molar-refractivity contribution in [2.45, 2.75) is 75.8 Å². The van der Waals surface area contributed by atoms with E-state index in [-0.39, 0.29) is 23.5 Å². The minimum Gasteiger partial charge on any atom is -0.491 e. The number of sulfone groups is 1. The third kappa shape index (κ3) is 8.06. The third-order valence-corrected chi connectivity index (χ3v) is 5.96. The number of nitrogens with two attached hydrogens (primary N) is 1. The van der Waals surface area contributed by atoms with Crippen molar-refractivity contribution < 1.29 is 18.3 Å². The highest BCUT2D eigenvalue weighted by atomic mass is 32.2. The van der Waals surface area contributed by atoms with Gasteiger partial charge >= 0.3 is 0 Å². The first-order valence-electron chi connectivity index (χ1n) is 9.66. The monoisotopic (exact) mass is 385 g/mol. The molecule has 0 amide bonds. The van der Waals surface area contributed by atoms with Gasteiger partial charge in [-0.3, -0.25) is 0 Å². The Bertz CT molecular complexity index is 618. The predicted molar refractivity (Wildman–Crippen MR) is 106 cm³/mol. The maximum Gasteiger partial charge on any atom is 0.175 e. The van der Waals surface area contributed by atoms with Crippen LogP contribution < -0.4 is 10.5 Å². The molecule has 1 aromatic carbocycles. The van der Waals surface area contributed by atoms with Crippen LogP contribution in [0.5, 0.6) is 5.75 Å². The number of benzene rings is 1. The summed E-state index contributed by atoms with van der Waals surface area (Å²) in [6, 6.07) is 5.96. The molecule has 3 atom stereocenters. The van der Waals surface area contributed by atoms with Gasteiger partial charge in [-0.1, -0.05) is 58.4 Å². The lowest BCUT2D eigenvalue weighted by molar-refractivity contribution is 0.0630. The Morgan fingerprint density at radius 3 is 2.46 bits per heavy atom. The SMILES string of the molecule is CCCCCCCC(CC)C(N)C(O)COc1cccc(S(C)(=O)=O)c1. The van der Waals surface area contributed by atoms with Crippen molar-refractivity contribution in [2.75, 3.05) is 12.9 Å². The molecule has 150 valence electrons. The standard InChI is InChI=1S/C20H35NO4S/c1-4-6-7-8-9-11-16(5-2)20(21)19(22)15-25-17-12-10-13-18(14-17)26(3,23)24/h10,12-14,16,19-20,22H,4-9,11,15,21H2,1-3H3. The average Bonchev–Trinajstić information content (AvgIpc) is 2.61. The first kappa shape index (κ1) is 22.9. The molecule has 0 aromatic heterocycles. The van der Waals surface area contributed by atoms with E-state index in [1.54, 1.807) is 12.1 Å². The van der Waals surface area contributed by atoms with E-state index in [0.29, 0.717) is 5.75 Å². The van der Waals surface area contributed by atoms with Crippen molar-refractivity contribution in [3.05, 3.63) is 24.3 Å². The number of hydrogen-bond donors (Lipinski definition) is 2. The molecule has 3 N–H and O–H groups in total. The first-order chi connectivity index (χ1) is 12.3. The smallest absolute Gasteiger partial charge is 0.175 e. The van der Waals surface area contributed by atoms with Gasteiger partial charge in [-0.25, -0.2) is 8.42 Å². The molecular weight excluding hydrogens is 350 g/mol. The van der Waals surface area contributed by atoms with Gasteiger partial charge in [-0.05, 0) is 30.5 Å². The Labute approximate surface area is 158 Å². The van der Waals surface area contributed by atoms with Gasteiger partial charge in [0.2, 0.25) is 0 Å². The van der Waals surface area contributed by atoms with Crippen LogP contribution in [-0.2, 0) is 9.84 Å². The number of aliphatic hydroxyl groups is 1. The van der Waals surface area contributed by atoms with Gasteiger partial charge in [0, 0.05) is 12.3 Å². The summed E-state index contributed by atoms with van der Waals surface area (Å²) in [5, 5.41) is 10.4. The predicted octanol–water partition coefficient (Wildman–Crippen LogP) is 3.54. The van der Waals surface area contributed by atoms with Crippen molar-refractivity contribution in [1.82, 2.24) is 0 Å². The summed E-state index contributed by atoms with van der Waals surface area (Å²) < 4.78 is 28.8. The van der Waals surface area contributed by atoms with Gasteiger partial charge in [0.1, 0.15) is 18.5 Å².